The van der Waals surface area contributed by atoms with Gasteiger partial charge in [0.05, 0.1) is 24.5 Å². The van der Waals surface area contributed by atoms with E-state index in [1.54, 1.807) is 4.90 Å². The molecule has 3 aromatic carbocycles. The summed E-state index contributed by atoms with van der Waals surface area (Å²) in [5.74, 6) is -3.16. The van der Waals surface area contributed by atoms with Crippen LogP contribution in [0.3, 0.4) is 0 Å². The van der Waals surface area contributed by atoms with Gasteiger partial charge in [-0.05, 0) is 35.3 Å². The number of hydrogen-bond donors (Lipinski definition) is 1. The first-order valence-electron chi connectivity index (χ1n) is 14.4. The van der Waals surface area contributed by atoms with Gasteiger partial charge in [-0.2, -0.15) is 0 Å². The summed E-state index contributed by atoms with van der Waals surface area (Å²) in [4.78, 5) is 15.8. The minimum atomic E-state index is -3.07. The third-order valence-electron chi connectivity index (χ3n) is 7.82. The van der Waals surface area contributed by atoms with Crippen LogP contribution in [0.1, 0.15) is 45.7 Å². The zero-order valence-corrected chi connectivity index (χ0v) is 26.9. The van der Waals surface area contributed by atoms with Crippen molar-refractivity contribution in [3.63, 3.8) is 0 Å². The number of amides is 1. The Kier molecular flexibility index (Phi) is 9.73. The Morgan fingerprint density at radius 2 is 1.51 bits per heavy atom. The van der Waals surface area contributed by atoms with Crippen LogP contribution in [0.5, 0.6) is 0 Å². The third-order valence-corrected chi connectivity index (χ3v) is 12.8. The van der Waals surface area contributed by atoms with Gasteiger partial charge in [-0.3, -0.25) is 4.79 Å². The van der Waals surface area contributed by atoms with Gasteiger partial charge in [0, 0.05) is 38.3 Å². The van der Waals surface area contributed by atoms with E-state index in [0.717, 1.165) is 15.3 Å². The first-order chi connectivity index (χ1) is 20.3. The first-order valence-corrected chi connectivity index (χ1v) is 16.3. The minimum Gasteiger partial charge on any atom is -0.410 e. The number of anilines is 1. The number of nitrogens with zero attached hydrogens (tertiary/aromatic N) is 3. The molecule has 0 unspecified atom stereocenters. The van der Waals surface area contributed by atoms with Crippen LogP contribution in [0.2, 0.25) is 5.04 Å². The van der Waals surface area contributed by atoms with Crippen molar-refractivity contribution < 1.29 is 27.9 Å². The lowest BCUT2D eigenvalue weighted by Crippen LogP contribution is -2.66. The van der Waals surface area contributed by atoms with Gasteiger partial charge in [0.15, 0.2) is 17.3 Å². The van der Waals surface area contributed by atoms with Gasteiger partial charge in [-0.15, -0.1) is 0 Å². The molecule has 10 heteroatoms. The molecule has 0 bridgehead atoms. The highest BCUT2D eigenvalue weighted by Gasteiger charge is 2.50. The molecule has 0 radical (unpaired) electrons. The average Bonchev–Trinajstić information content (AvgIpc) is 2.96. The summed E-state index contributed by atoms with van der Waals surface area (Å²) in [6.45, 7) is 10.8. The third kappa shape index (κ3) is 6.36. The molecule has 4 rings (SSSR count). The van der Waals surface area contributed by atoms with Crippen LogP contribution in [0, 0.1) is 11.6 Å². The first kappa shape index (κ1) is 32.3. The molecule has 7 nitrogen and oxygen atoms in total. The number of rotatable bonds is 8. The maximum atomic E-state index is 16.3. The topological polar surface area (TPSA) is 74.6 Å². The smallest absolute Gasteiger partial charge is 0.276 e. The lowest BCUT2D eigenvalue weighted by Gasteiger charge is -2.43. The van der Waals surface area contributed by atoms with Crippen LogP contribution in [0.25, 0.3) is 0 Å². The molecule has 230 valence electrons. The number of morpholine rings is 1. The van der Waals surface area contributed by atoms with E-state index in [0.29, 0.717) is 18.7 Å². The summed E-state index contributed by atoms with van der Waals surface area (Å²) in [5, 5.41) is 14.5. The fourth-order valence-electron chi connectivity index (χ4n) is 6.03. The highest BCUT2D eigenvalue weighted by Crippen LogP contribution is 2.39. The second-order valence-corrected chi connectivity index (χ2v) is 16.6. The number of oxime groups is 1. The molecule has 1 fully saturated rings. The monoisotopic (exact) mass is 609 g/mol. The fraction of sp³-hybridized carbons (Fsp3) is 0.394. The number of halogens is 2. The number of carbonyl (C=O) groups is 1. The number of carbonyl (C=O) groups excluding carboxylic acids is 1. The van der Waals surface area contributed by atoms with Gasteiger partial charge < -0.3 is 24.2 Å². The molecular formula is C33H41F2N3O4Si. The summed E-state index contributed by atoms with van der Waals surface area (Å²) in [5.41, 5.74) is -0.632. The maximum absolute atomic E-state index is 16.3. The quantitative estimate of drug-likeness (QED) is 0.170. The summed E-state index contributed by atoms with van der Waals surface area (Å²) < 4.78 is 45.1. The lowest BCUT2D eigenvalue weighted by molar-refractivity contribution is -0.121. The largest absolute Gasteiger partial charge is 0.410 e. The molecule has 1 N–H and O–H groups in total. The highest BCUT2D eigenvalue weighted by molar-refractivity contribution is 6.99. The van der Waals surface area contributed by atoms with E-state index in [4.69, 9.17) is 9.16 Å². The molecule has 0 aromatic heterocycles. The van der Waals surface area contributed by atoms with Crippen molar-refractivity contribution in [3.05, 3.63) is 89.5 Å². The van der Waals surface area contributed by atoms with E-state index in [-0.39, 0.29) is 29.5 Å². The van der Waals surface area contributed by atoms with Gasteiger partial charge >= 0.3 is 0 Å². The molecule has 0 aliphatic carbocycles. The van der Waals surface area contributed by atoms with Gasteiger partial charge in [0.25, 0.3) is 14.2 Å². The fourth-order valence-corrected chi connectivity index (χ4v) is 10.6. The zero-order valence-electron chi connectivity index (χ0n) is 25.9. The van der Waals surface area contributed by atoms with Crippen molar-refractivity contribution in [3.8, 4) is 0 Å². The zero-order chi connectivity index (χ0) is 31.5. The van der Waals surface area contributed by atoms with E-state index in [2.05, 4.69) is 50.2 Å². The Balaban J connectivity index is 1.94. The number of hydrogen-bond acceptors (Lipinski definition) is 6. The Morgan fingerprint density at radius 1 is 1.00 bits per heavy atom. The summed E-state index contributed by atoms with van der Waals surface area (Å²) >= 11 is 0. The SMILES string of the molecule is C[C@@H]1CN(c2c(CO[Si](c3ccccc3)(c3ccccc3)C(C)(C)C)cc(C(=NO)C(=O)N(C)C)c(F)c2F)C[C@H](C)O1. The number of ether oxygens (including phenoxy) is 1. The second-order valence-electron chi connectivity index (χ2n) is 12.3. The average molecular weight is 610 g/mol. The van der Waals surface area contributed by atoms with Crippen molar-refractivity contribution >= 4 is 36.0 Å². The second kappa shape index (κ2) is 12.9. The predicted molar refractivity (Wildman–Crippen MR) is 168 cm³/mol. The van der Waals surface area contributed by atoms with Gasteiger partial charge in [-0.1, -0.05) is 86.6 Å². The van der Waals surface area contributed by atoms with E-state index in [1.165, 1.54) is 20.2 Å². The highest BCUT2D eigenvalue weighted by atomic mass is 28.4. The van der Waals surface area contributed by atoms with Crippen molar-refractivity contribution in [1.82, 2.24) is 4.90 Å². The molecule has 43 heavy (non-hydrogen) atoms. The normalized spacial score (nSPS) is 18.1. The van der Waals surface area contributed by atoms with Gasteiger partial charge in [0.1, 0.15) is 0 Å². The van der Waals surface area contributed by atoms with E-state index in [9.17, 15) is 10.0 Å². The van der Waals surface area contributed by atoms with Crippen LogP contribution in [-0.2, 0) is 20.6 Å². The van der Waals surface area contributed by atoms with E-state index < -0.39 is 37.1 Å². The Hall–Kier alpha value is -3.60. The molecule has 1 aliphatic heterocycles. The van der Waals surface area contributed by atoms with Crippen LogP contribution in [0.4, 0.5) is 14.5 Å². The van der Waals surface area contributed by atoms with Crippen LogP contribution < -0.4 is 15.3 Å². The van der Waals surface area contributed by atoms with Crippen LogP contribution >= 0.6 is 0 Å². The summed E-state index contributed by atoms with van der Waals surface area (Å²) in [6.07, 6.45) is -0.442. The Labute approximate surface area is 253 Å². The van der Waals surface area contributed by atoms with Crippen LogP contribution in [-0.4, -0.2) is 69.4 Å². The lowest BCUT2D eigenvalue weighted by atomic mass is 10.0. The molecule has 0 spiro atoms. The minimum absolute atomic E-state index is 0.0516. The Bertz CT molecular complexity index is 1410. The molecule has 2 atom stereocenters. The summed E-state index contributed by atoms with van der Waals surface area (Å²) in [7, 11) is -0.181. The van der Waals surface area contributed by atoms with E-state index in [1.807, 2.05) is 50.2 Å². The van der Waals surface area contributed by atoms with Crippen molar-refractivity contribution in [2.75, 3.05) is 32.1 Å². The molecule has 1 saturated heterocycles. The predicted octanol–water partition coefficient (Wildman–Crippen LogP) is 4.92. The van der Waals surface area contributed by atoms with E-state index >= 15 is 8.78 Å². The van der Waals surface area contributed by atoms with Crippen molar-refractivity contribution in [1.29, 1.82) is 0 Å². The molecule has 1 heterocycles. The Morgan fingerprint density at radius 3 is 1.95 bits per heavy atom. The van der Waals surface area contributed by atoms with Crippen LogP contribution in [0.15, 0.2) is 71.9 Å². The molecule has 1 amide bonds. The maximum Gasteiger partial charge on any atom is 0.276 e. The molecular weight excluding hydrogens is 568 g/mol. The van der Waals surface area contributed by atoms with Gasteiger partial charge in [-0.25, -0.2) is 8.78 Å². The van der Waals surface area contributed by atoms with Crippen molar-refractivity contribution in [2.45, 2.75) is 58.5 Å². The molecule has 3 aromatic rings. The number of likely N-dealkylation sites (N-methyl/N-ethyl adjacent to an activating group) is 1. The van der Waals surface area contributed by atoms with Gasteiger partial charge in [0.2, 0.25) is 0 Å². The standard InChI is InChI=1S/C33H41F2N3O4Si/c1-22-19-38(20-23(2)42-22)31-24(18-27(28(34)29(31)35)30(36-40)32(39)37(6)7)21-41-43(33(3,4)5,25-14-10-8-11-15-25)26-16-12-9-13-17-26/h8-18,22-23,40H,19-21H2,1-7H3/t22-,23+. The van der Waals surface area contributed by atoms with Crippen molar-refractivity contribution in [2.24, 2.45) is 5.16 Å². The molecule has 1 aliphatic rings. The number of benzene rings is 3. The molecule has 0 saturated carbocycles. The summed E-state index contributed by atoms with van der Waals surface area (Å²) in [6, 6.07) is 21.4.